The fourth-order valence-corrected chi connectivity index (χ4v) is 2.51. The Morgan fingerprint density at radius 1 is 1.12 bits per heavy atom. The lowest BCUT2D eigenvalue weighted by Gasteiger charge is -2.10. The Labute approximate surface area is 152 Å². The van der Waals surface area contributed by atoms with E-state index < -0.39 is 23.1 Å². The van der Waals surface area contributed by atoms with Gasteiger partial charge in [-0.25, -0.2) is 13.8 Å². The maximum absolute atomic E-state index is 13.6. The third kappa shape index (κ3) is 3.62. The van der Waals surface area contributed by atoms with Gasteiger partial charge in [0.2, 0.25) is 5.88 Å². The van der Waals surface area contributed by atoms with Crippen LogP contribution in [0.15, 0.2) is 48.9 Å². The lowest BCUT2D eigenvalue weighted by molar-refractivity contribution is 0.101. The highest BCUT2D eigenvalue weighted by Gasteiger charge is 2.18. The molecule has 0 spiro atoms. The minimum absolute atomic E-state index is 0.364. The van der Waals surface area contributed by atoms with E-state index in [1.807, 2.05) is 0 Å². The lowest BCUT2D eigenvalue weighted by Crippen LogP contribution is -2.16. The Kier molecular flexibility index (Phi) is 5.09. The van der Waals surface area contributed by atoms with Crippen LogP contribution in [0.1, 0.15) is 10.4 Å². The number of carbonyl (C=O) groups excluding carboxylic acids is 1. The first kappa shape index (κ1) is 17.8. The number of nitrogens with zero attached hydrogens (tertiary/aromatic N) is 2. The molecule has 0 unspecified atom stereocenters. The molecule has 0 aliphatic carbocycles. The lowest BCUT2D eigenvalue weighted by atomic mass is 10.1. The van der Waals surface area contributed by atoms with Gasteiger partial charge in [-0.1, -0.05) is 23.7 Å². The van der Waals surface area contributed by atoms with Crippen molar-refractivity contribution in [3.05, 3.63) is 71.1 Å². The molecule has 0 atom stereocenters. The fraction of sp³-hybridized carbons (Fsp3) is 0.0556. The minimum Gasteiger partial charge on any atom is -0.481 e. The molecule has 0 bridgehead atoms. The molecule has 1 aromatic carbocycles. The second kappa shape index (κ2) is 7.45. The van der Waals surface area contributed by atoms with Gasteiger partial charge in [-0.3, -0.25) is 9.78 Å². The van der Waals surface area contributed by atoms with Crippen LogP contribution < -0.4 is 10.1 Å². The summed E-state index contributed by atoms with van der Waals surface area (Å²) in [6, 6.07) is 8.27. The number of methoxy groups -OCH3 is 1. The molecule has 1 amide bonds. The summed E-state index contributed by atoms with van der Waals surface area (Å²) in [6.07, 6.45) is 3.02. The molecule has 2 heterocycles. The van der Waals surface area contributed by atoms with Crippen molar-refractivity contribution in [1.29, 1.82) is 0 Å². The van der Waals surface area contributed by atoms with Gasteiger partial charge in [0.05, 0.1) is 24.5 Å². The van der Waals surface area contributed by atoms with Crippen molar-refractivity contribution < 1.29 is 18.3 Å². The number of anilines is 1. The molecule has 0 saturated carbocycles. The van der Waals surface area contributed by atoms with Crippen LogP contribution in [0.5, 0.6) is 5.88 Å². The first-order valence-corrected chi connectivity index (χ1v) is 7.77. The van der Waals surface area contributed by atoms with Crippen molar-refractivity contribution >= 4 is 23.2 Å². The molecule has 0 radical (unpaired) electrons. The summed E-state index contributed by atoms with van der Waals surface area (Å²) in [4.78, 5) is 19.5. The van der Waals surface area contributed by atoms with Crippen molar-refractivity contribution in [3.63, 3.8) is 0 Å². The Morgan fingerprint density at radius 3 is 2.38 bits per heavy atom. The summed E-state index contributed by atoms with van der Waals surface area (Å²) in [5.74, 6) is -2.58. The molecule has 2 aromatic heterocycles. The van der Waals surface area contributed by atoms with Gasteiger partial charge in [0.15, 0.2) is 11.6 Å². The van der Waals surface area contributed by atoms with Gasteiger partial charge in [0, 0.05) is 17.4 Å². The molecule has 26 heavy (non-hydrogen) atoms. The van der Waals surface area contributed by atoms with Crippen molar-refractivity contribution in [1.82, 2.24) is 9.97 Å². The number of hydrogen-bond acceptors (Lipinski definition) is 4. The predicted octanol–water partition coefficient (Wildman–Crippen LogP) is 4.34. The number of benzene rings is 1. The van der Waals surface area contributed by atoms with Gasteiger partial charge < -0.3 is 10.1 Å². The van der Waals surface area contributed by atoms with E-state index in [4.69, 9.17) is 16.3 Å². The van der Waals surface area contributed by atoms with Crippen LogP contribution >= 0.6 is 11.6 Å². The van der Waals surface area contributed by atoms with Crippen LogP contribution in [0.4, 0.5) is 14.5 Å². The first-order chi connectivity index (χ1) is 12.5. The number of ether oxygens (including phenoxy) is 1. The normalized spacial score (nSPS) is 10.5. The Balaban J connectivity index is 1.85. The van der Waals surface area contributed by atoms with Gasteiger partial charge in [0.1, 0.15) is 5.56 Å². The molecule has 0 aliphatic rings. The summed E-state index contributed by atoms with van der Waals surface area (Å²) in [7, 11) is 1.49. The maximum atomic E-state index is 13.6. The highest BCUT2D eigenvalue weighted by Crippen LogP contribution is 2.31. The van der Waals surface area contributed by atoms with E-state index in [0.29, 0.717) is 22.2 Å². The number of aromatic nitrogens is 2. The average Bonchev–Trinajstić information content (AvgIpc) is 2.62. The minimum atomic E-state index is -1.03. The average molecular weight is 376 g/mol. The monoisotopic (exact) mass is 375 g/mol. The van der Waals surface area contributed by atoms with Crippen molar-refractivity contribution in [2.45, 2.75) is 0 Å². The van der Waals surface area contributed by atoms with E-state index in [0.717, 1.165) is 18.0 Å². The number of rotatable bonds is 4. The van der Waals surface area contributed by atoms with Gasteiger partial charge in [-0.05, 0) is 23.8 Å². The van der Waals surface area contributed by atoms with Gasteiger partial charge >= 0.3 is 0 Å². The summed E-state index contributed by atoms with van der Waals surface area (Å²) in [5.41, 5.74) is 1.09. The molecule has 0 fully saturated rings. The van der Waals surface area contributed by atoms with E-state index >= 15 is 0 Å². The molecular weight excluding hydrogens is 364 g/mol. The molecule has 8 heteroatoms. The van der Waals surface area contributed by atoms with Gasteiger partial charge in [-0.2, -0.15) is 0 Å². The molecule has 3 aromatic rings. The maximum Gasteiger partial charge on any atom is 0.261 e. The van der Waals surface area contributed by atoms with Gasteiger partial charge in [0.25, 0.3) is 5.91 Å². The van der Waals surface area contributed by atoms with Crippen molar-refractivity contribution in [2.24, 2.45) is 0 Å². The number of hydrogen-bond donors (Lipinski definition) is 1. The summed E-state index contributed by atoms with van der Waals surface area (Å²) >= 11 is 5.97. The second-order valence-electron chi connectivity index (χ2n) is 5.22. The summed E-state index contributed by atoms with van der Waals surface area (Å²) in [5, 5.41) is 2.89. The van der Waals surface area contributed by atoms with Gasteiger partial charge in [-0.15, -0.1) is 0 Å². The molecule has 0 saturated heterocycles. The highest BCUT2D eigenvalue weighted by molar-refractivity contribution is 6.30. The highest BCUT2D eigenvalue weighted by atomic mass is 35.5. The molecule has 0 aliphatic heterocycles. The van der Waals surface area contributed by atoms with Crippen LogP contribution in [0.25, 0.3) is 11.1 Å². The van der Waals surface area contributed by atoms with Crippen molar-refractivity contribution in [3.8, 4) is 17.0 Å². The van der Waals surface area contributed by atoms with Crippen LogP contribution in [-0.4, -0.2) is 23.0 Å². The van der Waals surface area contributed by atoms with E-state index in [1.54, 1.807) is 30.3 Å². The molecule has 132 valence electrons. The largest absolute Gasteiger partial charge is 0.481 e. The van der Waals surface area contributed by atoms with Crippen LogP contribution in [-0.2, 0) is 0 Å². The number of amides is 1. The first-order valence-electron chi connectivity index (χ1n) is 7.40. The molecular formula is C18H12ClF2N3O2. The van der Waals surface area contributed by atoms with E-state index in [-0.39, 0.29) is 0 Å². The zero-order valence-corrected chi connectivity index (χ0v) is 14.2. The van der Waals surface area contributed by atoms with E-state index in [2.05, 4.69) is 15.3 Å². The van der Waals surface area contributed by atoms with Crippen LogP contribution in [0, 0.1) is 11.6 Å². The topological polar surface area (TPSA) is 64.1 Å². The fourth-order valence-electron chi connectivity index (χ4n) is 2.35. The quantitative estimate of drug-likeness (QED) is 0.737. The number of nitrogens with one attached hydrogen (secondary N) is 1. The zero-order valence-electron chi connectivity index (χ0n) is 13.5. The molecule has 5 nitrogen and oxygen atoms in total. The molecule has 3 rings (SSSR count). The summed E-state index contributed by atoms with van der Waals surface area (Å²) in [6.45, 7) is 0. The zero-order chi connectivity index (χ0) is 18.7. The summed E-state index contributed by atoms with van der Waals surface area (Å²) < 4.78 is 32.4. The second-order valence-corrected chi connectivity index (χ2v) is 5.66. The third-order valence-electron chi connectivity index (χ3n) is 3.55. The predicted molar refractivity (Wildman–Crippen MR) is 93.3 cm³/mol. The number of carbonyl (C=O) groups is 1. The Bertz CT molecular complexity index is 945. The number of halogens is 3. The third-order valence-corrected chi connectivity index (χ3v) is 3.75. The Hall–Kier alpha value is -3.06. The Morgan fingerprint density at radius 2 is 1.77 bits per heavy atom. The van der Waals surface area contributed by atoms with E-state index in [9.17, 15) is 13.6 Å². The van der Waals surface area contributed by atoms with Crippen LogP contribution in [0.3, 0.4) is 0 Å². The molecule has 1 N–H and O–H groups in total. The standard InChI is InChI=1S/C18H12ClF2N3O2/c1-26-18-13(6-11(19)7-23-18)10-2-4-12(5-3-10)24-17(25)16-14(20)8-22-9-15(16)21/h2-9H,1H3,(H,24,25). The van der Waals surface area contributed by atoms with E-state index in [1.165, 1.54) is 13.3 Å². The van der Waals surface area contributed by atoms with Crippen LogP contribution in [0.2, 0.25) is 5.02 Å². The van der Waals surface area contributed by atoms with Crippen molar-refractivity contribution in [2.75, 3.05) is 12.4 Å². The number of pyridine rings is 2. The smallest absolute Gasteiger partial charge is 0.261 e. The SMILES string of the molecule is COc1ncc(Cl)cc1-c1ccc(NC(=O)c2c(F)cncc2F)cc1.